The van der Waals surface area contributed by atoms with Crippen LogP contribution in [0.25, 0.3) is 0 Å². The van der Waals surface area contributed by atoms with Crippen LogP contribution in [0.3, 0.4) is 0 Å². The zero-order chi connectivity index (χ0) is 16.1. The van der Waals surface area contributed by atoms with Crippen molar-refractivity contribution in [2.24, 2.45) is 0 Å². The standard InChI is InChI=1S/C19H21NO3/c1-15-9-10-18-17(14-15)20(11-13-23-18)19(21)8-5-12-22-16-6-3-2-4-7-16/h2-4,6-7,9-10,14H,5,8,11-13H2,1H3. The van der Waals surface area contributed by atoms with Crippen LogP contribution in [-0.4, -0.2) is 25.7 Å². The maximum absolute atomic E-state index is 12.5. The Balaban J connectivity index is 1.54. The Morgan fingerprint density at radius 3 is 2.87 bits per heavy atom. The van der Waals surface area contributed by atoms with Crippen molar-refractivity contribution in [3.05, 3.63) is 54.1 Å². The summed E-state index contributed by atoms with van der Waals surface area (Å²) < 4.78 is 11.3. The maximum atomic E-state index is 12.5. The molecule has 1 heterocycles. The Hall–Kier alpha value is -2.49. The first-order valence-corrected chi connectivity index (χ1v) is 7.96. The molecule has 23 heavy (non-hydrogen) atoms. The van der Waals surface area contributed by atoms with Crippen LogP contribution in [0.2, 0.25) is 0 Å². The molecule has 3 rings (SSSR count). The lowest BCUT2D eigenvalue weighted by Crippen LogP contribution is -2.38. The monoisotopic (exact) mass is 311 g/mol. The van der Waals surface area contributed by atoms with Gasteiger partial charge < -0.3 is 14.4 Å². The van der Waals surface area contributed by atoms with Crippen molar-refractivity contribution in [3.63, 3.8) is 0 Å². The number of hydrogen-bond donors (Lipinski definition) is 0. The van der Waals surface area contributed by atoms with Gasteiger partial charge in [-0.3, -0.25) is 4.79 Å². The largest absolute Gasteiger partial charge is 0.494 e. The van der Waals surface area contributed by atoms with Crippen LogP contribution in [0.15, 0.2) is 48.5 Å². The van der Waals surface area contributed by atoms with Gasteiger partial charge in [0.15, 0.2) is 0 Å². The first-order valence-electron chi connectivity index (χ1n) is 7.96. The topological polar surface area (TPSA) is 38.8 Å². The third-order valence-corrected chi connectivity index (χ3v) is 3.83. The highest BCUT2D eigenvalue weighted by Gasteiger charge is 2.23. The summed E-state index contributed by atoms with van der Waals surface area (Å²) in [6, 6.07) is 15.6. The van der Waals surface area contributed by atoms with E-state index in [9.17, 15) is 4.79 Å². The van der Waals surface area contributed by atoms with Crippen molar-refractivity contribution in [1.82, 2.24) is 0 Å². The Morgan fingerprint density at radius 1 is 1.22 bits per heavy atom. The molecule has 0 fully saturated rings. The van der Waals surface area contributed by atoms with Crippen LogP contribution < -0.4 is 14.4 Å². The summed E-state index contributed by atoms with van der Waals surface area (Å²) in [7, 11) is 0. The first-order chi connectivity index (χ1) is 11.2. The predicted molar refractivity (Wildman–Crippen MR) is 90.2 cm³/mol. The third-order valence-electron chi connectivity index (χ3n) is 3.83. The Labute approximate surface area is 136 Å². The predicted octanol–water partition coefficient (Wildman–Crippen LogP) is 3.58. The molecule has 1 amide bonds. The summed E-state index contributed by atoms with van der Waals surface area (Å²) in [5, 5.41) is 0. The average molecular weight is 311 g/mol. The van der Waals surface area contributed by atoms with E-state index in [0.717, 1.165) is 22.7 Å². The van der Waals surface area contributed by atoms with E-state index in [4.69, 9.17) is 9.47 Å². The second-order valence-corrected chi connectivity index (χ2v) is 5.63. The number of fused-ring (bicyclic) bond motifs is 1. The quantitative estimate of drug-likeness (QED) is 0.792. The molecule has 0 saturated carbocycles. The number of benzene rings is 2. The highest BCUT2D eigenvalue weighted by atomic mass is 16.5. The molecule has 2 aromatic rings. The lowest BCUT2D eigenvalue weighted by atomic mass is 10.1. The second-order valence-electron chi connectivity index (χ2n) is 5.63. The van der Waals surface area contributed by atoms with E-state index >= 15 is 0 Å². The summed E-state index contributed by atoms with van der Waals surface area (Å²) in [4.78, 5) is 14.3. The minimum absolute atomic E-state index is 0.122. The molecule has 0 radical (unpaired) electrons. The zero-order valence-corrected chi connectivity index (χ0v) is 13.3. The Bertz CT molecular complexity index is 670. The lowest BCUT2D eigenvalue weighted by Gasteiger charge is -2.30. The number of anilines is 1. The van der Waals surface area contributed by atoms with Crippen molar-refractivity contribution < 1.29 is 14.3 Å². The fraction of sp³-hybridized carbons (Fsp3) is 0.316. The molecule has 0 aliphatic carbocycles. The number of nitrogens with zero attached hydrogens (tertiary/aromatic N) is 1. The number of carbonyl (C=O) groups is 1. The zero-order valence-electron chi connectivity index (χ0n) is 13.3. The van der Waals surface area contributed by atoms with E-state index < -0.39 is 0 Å². The number of carbonyl (C=O) groups excluding carboxylic acids is 1. The van der Waals surface area contributed by atoms with Crippen molar-refractivity contribution in [2.45, 2.75) is 19.8 Å². The van der Waals surface area contributed by atoms with Gasteiger partial charge in [0.05, 0.1) is 18.8 Å². The Morgan fingerprint density at radius 2 is 2.04 bits per heavy atom. The highest BCUT2D eigenvalue weighted by Crippen LogP contribution is 2.32. The molecule has 0 saturated heterocycles. The van der Waals surface area contributed by atoms with Crippen molar-refractivity contribution in [1.29, 1.82) is 0 Å². The van der Waals surface area contributed by atoms with Crippen LogP contribution in [0.4, 0.5) is 5.69 Å². The molecular formula is C19H21NO3. The van der Waals surface area contributed by atoms with Crippen LogP contribution in [0.1, 0.15) is 18.4 Å². The van der Waals surface area contributed by atoms with Gasteiger partial charge >= 0.3 is 0 Å². The highest BCUT2D eigenvalue weighted by molar-refractivity contribution is 5.95. The lowest BCUT2D eigenvalue weighted by molar-refractivity contribution is -0.119. The molecule has 1 aliphatic rings. The summed E-state index contributed by atoms with van der Waals surface area (Å²) in [6.45, 7) is 3.71. The summed E-state index contributed by atoms with van der Waals surface area (Å²) in [5.41, 5.74) is 2.00. The van der Waals surface area contributed by atoms with Crippen molar-refractivity contribution in [3.8, 4) is 11.5 Å². The number of hydrogen-bond acceptors (Lipinski definition) is 3. The van der Waals surface area contributed by atoms with Crippen LogP contribution >= 0.6 is 0 Å². The fourth-order valence-corrected chi connectivity index (χ4v) is 2.65. The summed E-state index contributed by atoms with van der Waals surface area (Å²) in [6.07, 6.45) is 1.17. The smallest absolute Gasteiger partial charge is 0.227 e. The van der Waals surface area contributed by atoms with Crippen LogP contribution in [0, 0.1) is 6.92 Å². The van der Waals surface area contributed by atoms with E-state index in [1.165, 1.54) is 0 Å². The second kappa shape index (κ2) is 7.18. The molecule has 0 bridgehead atoms. The summed E-state index contributed by atoms with van der Waals surface area (Å²) in [5.74, 6) is 1.75. The average Bonchev–Trinajstić information content (AvgIpc) is 2.59. The number of rotatable bonds is 5. The molecular weight excluding hydrogens is 290 g/mol. The minimum atomic E-state index is 0.122. The van der Waals surface area contributed by atoms with Gasteiger partial charge in [-0.2, -0.15) is 0 Å². The van der Waals surface area contributed by atoms with Crippen LogP contribution in [-0.2, 0) is 4.79 Å². The molecule has 120 valence electrons. The van der Waals surface area contributed by atoms with Crippen molar-refractivity contribution >= 4 is 11.6 Å². The molecule has 0 unspecified atom stereocenters. The normalized spacial score (nSPS) is 13.2. The van der Waals surface area contributed by atoms with Crippen LogP contribution in [0.5, 0.6) is 11.5 Å². The van der Waals surface area contributed by atoms with Crippen molar-refractivity contribution in [2.75, 3.05) is 24.7 Å². The third kappa shape index (κ3) is 3.83. The molecule has 0 N–H and O–H groups in total. The van der Waals surface area contributed by atoms with Gasteiger partial charge in [-0.05, 0) is 43.2 Å². The number of amides is 1. The van der Waals surface area contributed by atoms with Gasteiger partial charge in [-0.1, -0.05) is 24.3 Å². The van der Waals surface area contributed by atoms with Gasteiger partial charge in [0.25, 0.3) is 0 Å². The molecule has 4 heteroatoms. The first kappa shape index (κ1) is 15.4. The minimum Gasteiger partial charge on any atom is -0.494 e. The number of para-hydroxylation sites is 1. The van der Waals surface area contributed by atoms with Gasteiger partial charge in [-0.25, -0.2) is 0 Å². The van der Waals surface area contributed by atoms with Gasteiger partial charge in [0, 0.05) is 6.42 Å². The number of aryl methyl sites for hydroxylation is 1. The molecule has 0 aromatic heterocycles. The van der Waals surface area contributed by atoms with E-state index in [0.29, 0.717) is 32.6 Å². The molecule has 1 aliphatic heterocycles. The van der Waals surface area contributed by atoms with Gasteiger partial charge in [-0.15, -0.1) is 0 Å². The fourth-order valence-electron chi connectivity index (χ4n) is 2.65. The van der Waals surface area contributed by atoms with Gasteiger partial charge in [0.2, 0.25) is 5.91 Å². The summed E-state index contributed by atoms with van der Waals surface area (Å²) >= 11 is 0. The number of ether oxygens (including phenoxy) is 2. The molecule has 4 nitrogen and oxygen atoms in total. The maximum Gasteiger partial charge on any atom is 0.227 e. The van der Waals surface area contributed by atoms with Gasteiger partial charge in [0.1, 0.15) is 18.1 Å². The SMILES string of the molecule is Cc1ccc2c(c1)N(C(=O)CCCOc1ccccc1)CCO2. The van der Waals surface area contributed by atoms with E-state index in [-0.39, 0.29) is 5.91 Å². The van der Waals surface area contributed by atoms with E-state index in [1.54, 1.807) is 0 Å². The molecule has 2 aromatic carbocycles. The van der Waals surface area contributed by atoms with E-state index in [2.05, 4.69) is 0 Å². The molecule has 0 atom stereocenters. The molecule has 0 spiro atoms. The Kier molecular flexibility index (Phi) is 4.81. The van der Waals surface area contributed by atoms with E-state index in [1.807, 2.05) is 60.4 Å².